The number of amides is 1. The molecule has 3 heterocycles. The number of rotatable bonds is 7. The molecule has 7 heteroatoms. The summed E-state index contributed by atoms with van der Waals surface area (Å²) in [6, 6.07) is 14.0. The van der Waals surface area contributed by atoms with Crippen molar-refractivity contribution in [1.29, 1.82) is 0 Å². The van der Waals surface area contributed by atoms with Crippen LogP contribution in [0.3, 0.4) is 0 Å². The predicted molar refractivity (Wildman–Crippen MR) is 119 cm³/mol. The van der Waals surface area contributed by atoms with Crippen molar-refractivity contribution in [2.75, 3.05) is 26.7 Å². The van der Waals surface area contributed by atoms with Crippen LogP contribution in [-0.4, -0.2) is 47.5 Å². The first-order chi connectivity index (χ1) is 14.7. The Morgan fingerprint density at radius 1 is 1.20 bits per heavy atom. The van der Waals surface area contributed by atoms with E-state index in [9.17, 15) is 4.79 Å². The standard InChI is InChI=1S/C23H26N4O2S/c1-16-21(30-23(26-16)19-7-3-4-12-24-19)22(28)25-15-20(27-13-5-6-14-27)17-8-10-18(29-2)11-9-17/h3-4,7-12,20H,5-6,13-15H2,1-2H3,(H,25,28)/t20-/m0/s1. The largest absolute Gasteiger partial charge is 0.497 e. The normalized spacial score (nSPS) is 15.1. The molecule has 0 unspecified atom stereocenters. The summed E-state index contributed by atoms with van der Waals surface area (Å²) >= 11 is 1.39. The first-order valence-electron chi connectivity index (χ1n) is 10.2. The second kappa shape index (κ2) is 9.36. The Morgan fingerprint density at radius 3 is 2.63 bits per heavy atom. The average molecular weight is 423 g/mol. The van der Waals surface area contributed by atoms with E-state index in [1.165, 1.54) is 29.7 Å². The Kier molecular flexibility index (Phi) is 6.40. The molecule has 0 radical (unpaired) electrons. The van der Waals surface area contributed by atoms with Crippen molar-refractivity contribution in [2.45, 2.75) is 25.8 Å². The molecule has 30 heavy (non-hydrogen) atoms. The Hall–Kier alpha value is -2.77. The molecule has 6 nitrogen and oxygen atoms in total. The first kappa shape index (κ1) is 20.5. The molecule has 1 aliphatic rings. The highest BCUT2D eigenvalue weighted by Gasteiger charge is 2.25. The lowest BCUT2D eigenvalue weighted by atomic mass is 10.1. The Morgan fingerprint density at radius 2 is 1.97 bits per heavy atom. The number of benzene rings is 1. The van der Waals surface area contributed by atoms with Gasteiger partial charge in [0.15, 0.2) is 0 Å². The van der Waals surface area contributed by atoms with Crippen LogP contribution in [0.15, 0.2) is 48.7 Å². The summed E-state index contributed by atoms with van der Waals surface area (Å²) in [5, 5.41) is 3.91. The van der Waals surface area contributed by atoms with Gasteiger partial charge in [-0.05, 0) is 62.7 Å². The van der Waals surface area contributed by atoms with Gasteiger partial charge >= 0.3 is 0 Å². The van der Waals surface area contributed by atoms with Crippen molar-refractivity contribution in [2.24, 2.45) is 0 Å². The maximum atomic E-state index is 13.0. The van der Waals surface area contributed by atoms with Crippen LogP contribution in [0.4, 0.5) is 0 Å². The first-order valence-corrected chi connectivity index (χ1v) is 11.0. The summed E-state index contributed by atoms with van der Waals surface area (Å²) < 4.78 is 5.29. The number of aromatic nitrogens is 2. The minimum absolute atomic E-state index is 0.0788. The molecule has 0 saturated carbocycles. The molecule has 1 N–H and O–H groups in total. The van der Waals surface area contributed by atoms with Crippen LogP contribution >= 0.6 is 11.3 Å². The predicted octanol–water partition coefficient (Wildman–Crippen LogP) is 4.09. The lowest BCUT2D eigenvalue weighted by Crippen LogP contribution is -2.36. The van der Waals surface area contributed by atoms with Crippen LogP contribution in [0.2, 0.25) is 0 Å². The van der Waals surface area contributed by atoms with E-state index in [1.807, 2.05) is 37.3 Å². The van der Waals surface area contributed by atoms with Gasteiger partial charge in [-0.1, -0.05) is 18.2 Å². The van der Waals surface area contributed by atoms with Crippen molar-refractivity contribution in [3.63, 3.8) is 0 Å². The molecule has 0 aliphatic carbocycles. The van der Waals surface area contributed by atoms with Gasteiger partial charge < -0.3 is 10.1 Å². The fraction of sp³-hybridized carbons (Fsp3) is 0.348. The summed E-state index contributed by atoms with van der Waals surface area (Å²) in [4.78, 5) is 24.9. The molecule has 0 bridgehead atoms. The fourth-order valence-corrected chi connectivity index (χ4v) is 4.77. The van der Waals surface area contributed by atoms with Crippen molar-refractivity contribution >= 4 is 17.2 Å². The maximum Gasteiger partial charge on any atom is 0.263 e. The maximum absolute atomic E-state index is 13.0. The number of carbonyl (C=O) groups excluding carboxylic acids is 1. The third-order valence-corrected chi connectivity index (χ3v) is 6.60. The van der Waals surface area contributed by atoms with Crippen LogP contribution in [0.1, 0.15) is 39.8 Å². The highest BCUT2D eigenvalue weighted by molar-refractivity contribution is 7.17. The van der Waals surface area contributed by atoms with E-state index in [1.54, 1.807) is 13.3 Å². The minimum Gasteiger partial charge on any atom is -0.497 e. The molecule has 1 fully saturated rings. The SMILES string of the molecule is COc1ccc([C@H](CNC(=O)c2sc(-c3ccccn3)nc2C)N2CCCC2)cc1. The van der Waals surface area contributed by atoms with E-state index >= 15 is 0 Å². The molecule has 1 atom stereocenters. The Balaban J connectivity index is 1.49. The molecular weight excluding hydrogens is 396 g/mol. The summed E-state index contributed by atoms with van der Waals surface area (Å²) in [5.41, 5.74) is 2.71. The van der Waals surface area contributed by atoms with E-state index in [4.69, 9.17) is 4.74 Å². The van der Waals surface area contributed by atoms with Gasteiger partial charge in [-0.3, -0.25) is 14.7 Å². The summed E-state index contributed by atoms with van der Waals surface area (Å²) in [5.74, 6) is 0.759. The van der Waals surface area contributed by atoms with Crippen LogP contribution in [0.5, 0.6) is 5.75 Å². The number of ether oxygens (including phenoxy) is 1. The molecule has 1 amide bonds. The third kappa shape index (κ3) is 4.52. The highest BCUT2D eigenvalue weighted by Crippen LogP contribution is 2.28. The molecule has 0 spiro atoms. The number of nitrogens with zero attached hydrogens (tertiary/aromatic N) is 3. The number of pyridine rings is 1. The molecule has 4 rings (SSSR count). The number of hydrogen-bond acceptors (Lipinski definition) is 6. The lowest BCUT2D eigenvalue weighted by molar-refractivity contribution is 0.0941. The van der Waals surface area contributed by atoms with E-state index in [0.29, 0.717) is 11.4 Å². The van der Waals surface area contributed by atoms with Gasteiger partial charge in [0.1, 0.15) is 15.6 Å². The molecule has 2 aromatic heterocycles. The molecule has 1 aliphatic heterocycles. The van der Waals surface area contributed by atoms with E-state index < -0.39 is 0 Å². The van der Waals surface area contributed by atoms with Crippen LogP contribution in [0.25, 0.3) is 10.7 Å². The highest BCUT2D eigenvalue weighted by atomic mass is 32.1. The number of likely N-dealkylation sites (tertiary alicyclic amines) is 1. The van der Waals surface area contributed by atoms with Crippen LogP contribution in [-0.2, 0) is 0 Å². The van der Waals surface area contributed by atoms with Crippen molar-refractivity contribution < 1.29 is 9.53 Å². The number of carbonyl (C=O) groups is 1. The zero-order valence-electron chi connectivity index (χ0n) is 17.3. The van der Waals surface area contributed by atoms with Gasteiger partial charge in [0, 0.05) is 12.7 Å². The number of methoxy groups -OCH3 is 1. The zero-order valence-corrected chi connectivity index (χ0v) is 18.1. The van der Waals surface area contributed by atoms with E-state index in [2.05, 4.69) is 32.3 Å². The molecule has 1 aromatic carbocycles. The van der Waals surface area contributed by atoms with E-state index in [0.717, 1.165) is 35.2 Å². The topological polar surface area (TPSA) is 67.3 Å². The third-order valence-electron chi connectivity index (χ3n) is 5.42. The molecular formula is C23H26N4O2S. The van der Waals surface area contributed by atoms with Gasteiger partial charge in [0.25, 0.3) is 5.91 Å². The smallest absolute Gasteiger partial charge is 0.263 e. The van der Waals surface area contributed by atoms with Crippen LogP contribution in [0, 0.1) is 6.92 Å². The van der Waals surface area contributed by atoms with Crippen molar-refractivity contribution in [3.05, 3.63) is 64.8 Å². The Bertz CT molecular complexity index is 982. The number of hydrogen-bond donors (Lipinski definition) is 1. The average Bonchev–Trinajstić information content (AvgIpc) is 3.45. The second-order valence-corrected chi connectivity index (χ2v) is 8.39. The zero-order chi connectivity index (χ0) is 20.9. The monoisotopic (exact) mass is 422 g/mol. The van der Waals surface area contributed by atoms with Gasteiger partial charge in [-0.25, -0.2) is 4.98 Å². The lowest BCUT2D eigenvalue weighted by Gasteiger charge is -2.28. The summed E-state index contributed by atoms with van der Waals surface area (Å²) in [7, 11) is 1.67. The second-order valence-electron chi connectivity index (χ2n) is 7.39. The van der Waals surface area contributed by atoms with Gasteiger partial charge in [-0.15, -0.1) is 11.3 Å². The quantitative estimate of drug-likeness (QED) is 0.621. The fourth-order valence-electron chi connectivity index (χ4n) is 3.81. The van der Waals surface area contributed by atoms with Gasteiger partial charge in [0.05, 0.1) is 24.5 Å². The summed E-state index contributed by atoms with van der Waals surface area (Å²) in [6.45, 7) is 4.53. The number of nitrogens with one attached hydrogen (secondary N) is 1. The van der Waals surface area contributed by atoms with Crippen molar-refractivity contribution in [3.8, 4) is 16.5 Å². The van der Waals surface area contributed by atoms with Crippen molar-refractivity contribution in [1.82, 2.24) is 20.2 Å². The van der Waals surface area contributed by atoms with Gasteiger partial charge in [0.2, 0.25) is 0 Å². The summed E-state index contributed by atoms with van der Waals surface area (Å²) in [6.07, 6.45) is 4.13. The molecule has 3 aromatic rings. The number of aryl methyl sites for hydroxylation is 1. The number of thiazole rings is 1. The molecule has 156 valence electrons. The van der Waals surface area contributed by atoms with E-state index in [-0.39, 0.29) is 11.9 Å². The Labute approximate surface area is 180 Å². The van der Waals surface area contributed by atoms with Gasteiger partial charge in [-0.2, -0.15) is 0 Å². The van der Waals surface area contributed by atoms with Crippen LogP contribution < -0.4 is 10.1 Å². The molecule has 1 saturated heterocycles. The minimum atomic E-state index is -0.0788.